The lowest BCUT2D eigenvalue weighted by molar-refractivity contribution is 0.219. The molecule has 4 heteroatoms. The molecule has 0 aromatic carbocycles. The summed E-state index contributed by atoms with van der Waals surface area (Å²) >= 11 is 0. The summed E-state index contributed by atoms with van der Waals surface area (Å²) in [5.74, 6) is 2.07. The standard InChI is InChI=1S/C15H26N4/c1-16-14-10-19(11-14)15-7-8-18(12-17-15)9-13-5-3-2-4-6-13/h7-8,13-14,16H,2-6,9-12H2,1H3. The van der Waals surface area contributed by atoms with Crippen LogP contribution in [0.1, 0.15) is 32.1 Å². The average molecular weight is 262 g/mol. The Morgan fingerprint density at radius 2 is 2.05 bits per heavy atom. The van der Waals surface area contributed by atoms with Crippen LogP contribution in [-0.2, 0) is 0 Å². The van der Waals surface area contributed by atoms with E-state index >= 15 is 0 Å². The molecule has 3 rings (SSSR count). The molecule has 1 saturated heterocycles. The van der Waals surface area contributed by atoms with Gasteiger partial charge in [0.1, 0.15) is 12.5 Å². The van der Waals surface area contributed by atoms with Gasteiger partial charge in [-0.15, -0.1) is 0 Å². The number of nitrogens with zero attached hydrogens (tertiary/aromatic N) is 3. The lowest BCUT2D eigenvalue weighted by Crippen LogP contribution is -2.59. The Kier molecular flexibility index (Phi) is 4.06. The van der Waals surface area contributed by atoms with Gasteiger partial charge in [0.2, 0.25) is 0 Å². The van der Waals surface area contributed by atoms with Gasteiger partial charge < -0.3 is 15.1 Å². The third-order valence-electron chi connectivity index (χ3n) is 4.68. The fourth-order valence-electron chi connectivity index (χ4n) is 3.31. The molecule has 0 bridgehead atoms. The van der Waals surface area contributed by atoms with Gasteiger partial charge in [-0.25, -0.2) is 4.99 Å². The van der Waals surface area contributed by atoms with Crippen LogP contribution in [0.15, 0.2) is 17.3 Å². The first-order chi connectivity index (χ1) is 9.35. The summed E-state index contributed by atoms with van der Waals surface area (Å²) in [5, 5.41) is 3.30. The maximum absolute atomic E-state index is 4.72. The maximum atomic E-state index is 4.72. The molecule has 0 aromatic heterocycles. The van der Waals surface area contributed by atoms with E-state index < -0.39 is 0 Å². The van der Waals surface area contributed by atoms with Crippen LogP contribution >= 0.6 is 0 Å². The van der Waals surface area contributed by atoms with Crippen molar-refractivity contribution < 1.29 is 0 Å². The van der Waals surface area contributed by atoms with Gasteiger partial charge in [-0.1, -0.05) is 19.3 Å². The molecular formula is C15H26N4. The van der Waals surface area contributed by atoms with Crippen molar-refractivity contribution in [3.8, 4) is 0 Å². The molecule has 1 N–H and O–H groups in total. The highest BCUT2D eigenvalue weighted by molar-refractivity contribution is 5.94. The Morgan fingerprint density at radius 1 is 1.26 bits per heavy atom. The number of aliphatic imine (C=N–C) groups is 1. The highest BCUT2D eigenvalue weighted by Gasteiger charge is 2.27. The zero-order valence-electron chi connectivity index (χ0n) is 12.0. The van der Waals surface area contributed by atoms with Crippen LogP contribution in [0.2, 0.25) is 0 Å². The molecule has 0 aromatic rings. The fraction of sp³-hybridized carbons (Fsp3) is 0.800. The van der Waals surface area contributed by atoms with E-state index in [4.69, 9.17) is 4.99 Å². The zero-order valence-corrected chi connectivity index (χ0v) is 12.0. The van der Waals surface area contributed by atoms with Crippen LogP contribution in [0, 0.1) is 5.92 Å². The highest BCUT2D eigenvalue weighted by Crippen LogP contribution is 2.25. The molecule has 0 amide bonds. The summed E-state index contributed by atoms with van der Waals surface area (Å²) < 4.78 is 0. The predicted octanol–water partition coefficient (Wildman–Crippen LogP) is 1.66. The predicted molar refractivity (Wildman–Crippen MR) is 79.1 cm³/mol. The van der Waals surface area contributed by atoms with E-state index in [1.807, 2.05) is 7.05 Å². The number of amidine groups is 1. The minimum atomic E-state index is 0.649. The maximum Gasteiger partial charge on any atom is 0.127 e. The van der Waals surface area contributed by atoms with Crippen LogP contribution in [0.3, 0.4) is 0 Å². The van der Waals surface area contributed by atoms with Gasteiger partial charge in [0, 0.05) is 31.9 Å². The molecule has 0 unspecified atom stereocenters. The van der Waals surface area contributed by atoms with E-state index in [2.05, 4.69) is 27.4 Å². The van der Waals surface area contributed by atoms with Crippen molar-refractivity contribution in [3.63, 3.8) is 0 Å². The van der Waals surface area contributed by atoms with Crippen LogP contribution in [-0.4, -0.2) is 55.0 Å². The third-order valence-corrected chi connectivity index (χ3v) is 4.68. The van der Waals surface area contributed by atoms with E-state index in [9.17, 15) is 0 Å². The molecule has 0 atom stereocenters. The minimum Gasteiger partial charge on any atom is -0.358 e. The summed E-state index contributed by atoms with van der Waals surface area (Å²) in [4.78, 5) is 9.46. The summed E-state index contributed by atoms with van der Waals surface area (Å²) in [5.41, 5.74) is 0. The van der Waals surface area contributed by atoms with Gasteiger partial charge in [0.25, 0.3) is 0 Å². The van der Waals surface area contributed by atoms with Crippen molar-refractivity contribution in [1.29, 1.82) is 0 Å². The third kappa shape index (κ3) is 3.11. The smallest absolute Gasteiger partial charge is 0.127 e. The first-order valence-electron chi connectivity index (χ1n) is 7.74. The normalized spacial score (nSPS) is 25.4. The molecule has 2 fully saturated rings. The molecule has 2 aliphatic heterocycles. The number of likely N-dealkylation sites (tertiary alicyclic amines) is 1. The summed E-state index contributed by atoms with van der Waals surface area (Å²) in [7, 11) is 2.03. The number of rotatable bonds is 3. The molecular weight excluding hydrogens is 236 g/mol. The molecule has 106 valence electrons. The molecule has 3 aliphatic rings. The summed E-state index contributed by atoms with van der Waals surface area (Å²) in [6.45, 7) is 4.25. The van der Waals surface area contributed by atoms with E-state index in [-0.39, 0.29) is 0 Å². The Balaban J connectivity index is 1.44. The topological polar surface area (TPSA) is 30.9 Å². The molecule has 2 heterocycles. The van der Waals surface area contributed by atoms with E-state index in [0.29, 0.717) is 6.04 Å². The fourth-order valence-corrected chi connectivity index (χ4v) is 3.31. The molecule has 1 saturated carbocycles. The average Bonchev–Trinajstić information content (AvgIpc) is 2.41. The number of hydrogen-bond donors (Lipinski definition) is 1. The van der Waals surface area contributed by atoms with Crippen molar-refractivity contribution in [2.75, 3.05) is 33.4 Å². The highest BCUT2D eigenvalue weighted by atomic mass is 15.3. The first kappa shape index (κ1) is 13.0. The Hall–Kier alpha value is -1.03. The van der Waals surface area contributed by atoms with Gasteiger partial charge in [0.05, 0.1) is 0 Å². The number of likely N-dealkylation sites (N-methyl/N-ethyl adjacent to an activating group) is 1. The van der Waals surface area contributed by atoms with Crippen LogP contribution in [0.25, 0.3) is 0 Å². The monoisotopic (exact) mass is 262 g/mol. The second kappa shape index (κ2) is 5.95. The van der Waals surface area contributed by atoms with Crippen molar-refractivity contribution in [2.45, 2.75) is 38.1 Å². The van der Waals surface area contributed by atoms with Gasteiger partial charge in [-0.2, -0.15) is 0 Å². The largest absolute Gasteiger partial charge is 0.358 e. The Morgan fingerprint density at radius 3 is 2.68 bits per heavy atom. The Bertz CT molecular complexity index is 351. The second-order valence-electron chi connectivity index (χ2n) is 6.14. The van der Waals surface area contributed by atoms with Crippen LogP contribution in [0.4, 0.5) is 0 Å². The van der Waals surface area contributed by atoms with E-state index in [0.717, 1.165) is 25.7 Å². The first-order valence-corrected chi connectivity index (χ1v) is 7.74. The van der Waals surface area contributed by atoms with E-state index in [1.54, 1.807) is 0 Å². The lowest BCUT2D eigenvalue weighted by Gasteiger charge is -2.41. The minimum absolute atomic E-state index is 0.649. The molecule has 19 heavy (non-hydrogen) atoms. The molecule has 4 nitrogen and oxygen atoms in total. The quantitative estimate of drug-likeness (QED) is 0.839. The number of hydrogen-bond acceptors (Lipinski definition) is 4. The van der Waals surface area contributed by atoms with Crippen molar-refractivity contribution in [3.05, 3.63) is 12.3 Å². The second-order valence-corrected chi connectivity index (χ2v) is 6.14. The van der Waals surface area contributed by atoms with Crippen LogP contribution < -0.4 is 5.32 Å². The van der Waals surface area contributed by atoms with E-state index in [1.165, 1.54) is 44.5 Å². The van der Waals surface area contributed by atoms with Crippen LogP contribution in [0.5, 0.6) is 0 Å². The summed E-state index contributed by atoms with van der Waals surface area (Å²) in [6, 6.07) is 0.649. The van der Waals surface area contributed by atoms with Crippen molar-refractivity contribution >= 4 is 5.84 Å². The Labute approximate surface area is 116 Å². The zero-order chi connectivity index (χ0) is 13.1. The van der Waals surface area contributed by atoms with Gasteiger partial charge >= 0.3 is 0 Å². The molecule has 1 aliphatic carbocycles. The molecule has 0 spiro atoms. The van der Waals surface area contributed by atoms with Gasteiger partial charge in [-0.3, -0.25) is 0 Å². The van der Waals surface area contributed by atoms with Gasteiger partial charge in [0.15, 0.2) is 0 Å². The number of nitrogens with one attached hydrogen (secondary N) is 1. The van der Waals surface area contributed by atoms with Gasteiger partial charge in [-0.05, 0) is 31.9 Å². The SMILES string of the molecule is CNC1CN(C2=NCN(CC3CCCCC3)C=C2)C1. The van der Waals surface area contributed by atoms with Crippen molar-refractivity contribution in [2.24, 2.45) is 10.9 Å². The lowest BCUT2D eigenvalue weighted by atomic mass is 9.89. The molecule has 0 radical (unpaired) electrons. The summed E-state index contributed by atoms with van der Waals surface area (Å²) in [6.07, 6.45) is 11.6. The van der Waals surface area contributed by atoms with Crippen molar-refractivity contribution in [1.82, 2.24) is 15.1 Å².